The number of Topliss-reactive ketones (excluding diaryl/α,β-unsaturated/α-hetero) is 1. The van der Waals surface area contributed by atoms with E-state index in [-0.39, 0.29) is 24.6 Å². The zero-order valence-corrected chi connectivity index (χ0v) is 16.1. The summed E-state index contributed by atoms with van der Waals surface area (Å²) in [7, 11) is 0. The molecule has 0 aliphatic rings. The fourth-order valence-electron chi connectivity index (χ4n) is 2.17. The lowest BCUT2D eigenvalue weighted by molar-refractivity contribution is -0.145. The number of thiophene rings is 1. The van der Waals surface area contributed by atoms with Crippen molar-refractivity contribution in [2.24, 2.45) is 0 Å². The molecule has 0 unspecified atom stereocenters. The number of thioether (sulfide) groups is 1. The first kappa shape index (κ1) is 18.0. The van der Waals surface area contributed by atoms with Gasteiger partial charge < -0.3 is 4.74 Å². The van der Waals surface area contributed by atoms with Crippen molar-refractivity contribution in [3.05, 3.63) is 22.5 Å². The highest BCUT2D eigenvalue weighted by Crippen LogP contribution is 2.36. The summed E-state index contributed by atoms with van der Waals surface area (Å²) in [5.41, 5.74) is 1.58. The lowest BCUT2D eigenvalue weighted by Gasteiger charge is -2.04. The van der Waals surface area contributed by atoms with Crippen molar-refractivity contribution in [1.82, 2.24) is 15.2 Å². The van der Waals surface area contributed by atoms with Crippen LogP contribution in [0.25, 0.3) is 20.8 Å². The van der Waals surface area contributed by atoms with E-state index in [4.69, 9.17) is 4.74 Å². The van der Waals surface area contributed by atoms with E-state index in [1.54, 1.807) is 29.6 Å². The predicted molar refractivity (Wildman–Crippen MR) is 100 cm³/mol. The molecule has 0 aliphatic heterocycles. The molecule has 6 nitrogen and oxygen atoms in total. The van der Waals surface area contributed by atoms with Crippen LogP contribution in [0.1, 0.15) is 18.4 Å². The fraction of sp³-hybridized carbons (Fsp3) is 0.312. The Balaban J connectivity index is 1.80. The first-order valence-corrected chi connectivity index (χ1v) is 10.2. The minimum absolute atomic E-state index is 0.136. The third-order valence-corrected chi connectivity index (χ3v) is 6.03. The lowest BCUT2D eigenvalue weighted by atomic mass is 10.3. The van der Waals surface area contributed by atoms with Crippen LogP contribution in [0.4, 0.5) is 0 Å². The minimum Gasteiger partial charge on any atom is -0.466 e. The summed E-state index contributed by atoms with van der Waals surface area (Å²) in [5.74, 6) is -0.563. The van der Waals surface area contributed by atoms with Gasteiger partial charge in [-0.2, -0.15) is 0 Å². The quantitative estimate of drug-likeness (QED) is 0.343. The number of hydrogen-bond donors (Lipinski definition) is 0. The minimum atomic E-state index is -0.498. The summed E-state index contributed by atoms with van der Waals surface area (Å²) in [6.45, 7) is 3.92. The lowest BCUT2D eigenvalue weighted by Crippen LogP contribution is -2.12. The normalized spacial score (nSPS) is 11.0. The van der Waals surface area contributed by atoms with Gasteiger partial charge in [0.25, 0.3) is 0 Å². The van der Waals surface area contributed by atoms with Crippen molar-refractivity contribution in [2.45, 2.75) is 25.3 Å². The maximum Gasteiger partial charge on any atom is 0.313 e. The molecule has 0 bridgehead atoms. The van der Waals surface area contributed by atoms with Gasteiger partial charge in [0.15, 0.2) is 5.78 Å². The highest BCUT2D eigenvalue weighted by atomic mass is 32.2. The molecule has 9 heteroatoms. The maximum atomic E-state index is 11.9. The second-order valence-electron chi connectivity index (χ2n) is 5.05. The standard InChI is InChI=1S/C16H15N3O3S3/c1-3-22-12(21)7-10(20)8-24-16-14-15(25-9(2)17-14)13(18-19-16)11-5-4-6-23-11/h4-6H,3,7-8H2,1-2H3. The smallest absolute Gasteiger partial charge is 0.313 e. The number of fused-ring (bicyclic) bond motifs is 1. The second kappa shape index (κ2) is 8.03. The number of ether oxygens (including phenoxy) is 1. The Morgan fingerprint density at radius 1 is 1.32 bits per heavy atom. The largest absolute Gasteiger partial charge is 0.466 e. The summed E-state index contributed by atoms with van der Waals surface area (Å²) in [4.78, 5) is 28.9. The predicted octanol–water partition coefficient (Wildman–Crippen LogP) is 3.74. The van der Waals surface area contributed by atoms with E-state index in [0.717, 1.165) is 25.8 Å². The first-order chi connectivity index (χ1) is 12.1. The van der Waals surface area contributed by atoms with Crippen LogP contribution < -0.4 is 0 Å². The zero-order chi connectivity index (χ0) is 17.8. The Hall–Kier alpha value is -1.84. The van der Waals surface area contributed by atoms with E-state index in [0.29, 0.717) is 5.03 Å². The first-order valence-electron chi connectivity index (χ1n) is 7.56. The van der Waals surface area contributed by atoms with Crippen molar-refractivity contribution in [3.63, 3.8) is 0 Å². The molecule has 0 aliphatic carbocycles. The van der Waals surface area contributed by atoms with E-state index in [1.165, 1.54) is 11.8 Å². The molecule has 0 aromatic carbocycles. The number of aryl methyl sites for hydroxylation is 1. The molecule has 0 saturated carbocycles. The van der Waals surface area contributed by atoms with Crippen LogP contribution in [0, 0.1) is 6.92 Å². The molecule has 0 saturated heterocycles. The molecule has 0 amide bonds. The van der Waals surface area contributed by atoms with Crippen molar-refractivity contribution < 1.29 is 14.3 Å². The summed E-state index contributed by atoms with van der Waals surface area (Å²) in [6, 6.07) is 3.97. The Bertz CT molecular complexity index is 906. The molecule has 3 aromatic heterocycles. The van der Waals surface area contributed by atoms with Gasteiger partial charge in [-0.15, -0.1) is 32.9 Å². The highest BCUT2D eigenvalue weighted by molar-refractivity contribution is 8.00. The Labute approximate surface area is 156 Å². The molecule has 0 atom stereocenters. The van der Waals surface area contributed by atoms with Crippen molar-refractivity contribution in [1.29, 1.82) is 0 Å². The van der Waals surface area contributed by atoms with Crippen LogP contribution in [0.3, 0.4) is 0 Å². The summed E-state index contributed by atoms with van der Waals surface area (Å²) in [5, 5.41) is 12.1. The SMILES string of the molecule is CCOC(=O)CC(=O)CSc1nnc(-c2cccs2)c2sc(C)nc12. The van der Waals surface area contributed by atoms with E-state index >= 15 is 0 Å². The number of hydrogen-bond acceptors (Lipinski definition) is 9. The topological polar surface area (TPSA) is 82.0 Å². The number of carbonyl (C=O) groups excluding carboxylic acids is 2. The third kappa shape index (κ3) is 4.23. The Kier molecular flexibility index (Phi) is 5.77. The third-order valence-electron chi connectivity index (χ3n) is 3.16. The fourth-order valence-corrected chi connectivity index (χ4v) is 4.71. The molecule has 0 fully saturated rings. The van der Waals surface area contributed by atoms with Gasteiger partial charge >= 0.3 is 5.97 Å². The Morgan fingerprint density at radius 2 is 2.16 bits per heavy atom. The summed E-state index contributed by atoms with van der Waals surface area (Å²) in [6.07, 6.45) is -0.221. The van der Waals surface area contributed by atoms with Crippen LogP contribution in [0.2, 0.25) is 0 Å². The van der Waals surface area contributed by atoms with Crippen molar-refractivity contribution in [2.75, 3.05) is 12.4 Å². The molecule has 3 heterocycles. The number of carbonyl (C=O) groups is 2. The molecule has 25 heavy (non-hydrogen) atoms. The molecule has 130 valence electrons. The van der Waals surface area contributed by atoms with Crippen LogP contribution in [-0.2, 0) is 14.3 Å². The number of thiazole rings is 1. The van der Waals surface area contributed by atoms with Gasteiger partial charge in [-0.05, 0) is 25.3 Å². The van der Waals surface area contributed by atoms with Gasteiger partial charge in [0.1, 0.15) is 22.7 Å². The van der Waals surface area contributed by atoms with Crippen LogP contribution in [-0.4, -0.2) is 39.3 Å². The zero-order valence-electron chi connectivity index (χ0n) is 13.6. The molecule has 0 radical (unpaired) electrons. The molecular formula is C16H15N3O3S3. The number of esters is 1. The monoisotopic (exact) mass is 393 g/mol. The van der Waals surface area contributed by atoms with Gasteiger partial charge in [-0.1, -0.05) is 17.8 Å². The molecular weight excluding hydrogens is 378 g/mol. The van der Waals surface area contributed by atoms with Gasteiger partial charge in [-0.3, -0.25) is 9.59 Å². The Morgan fingerprint density at radius 3 is 2.88 bits per heavy atom. The van der Waals surface area contributed by atoms with E-state index in [1.807, 2.05) is 24.4 Å². The maximum absolute atomic E-state index is 11.9. The van der Waals surface area contributed by atoms with Gasteiger partial charge in [0.2, 0.25) is 0 Å². The average Bonchev–Trinajstić information content (AvgIpc) is 3.21. The summed E-state index contributed by atoms with van der Waals surface area (Å²) >= 11 is 4.42. The molecule has 0 spiro atoms. The number of rotatable bonds is 7. The molecule has 0 N–H and O–H groups in total. The number of nitrogens with zero attached hydrogens (tertiary/aromatic N) is 3. The van der Waals surface area contributed by atoms with Crippen LogP contribution in [0.15, 0.2) is 22.5 Å². The molecule has 3 aromatic rings. The van der Waals surface area contributed by atoms with Gasteiger partial charge in [0, 0.05) is 0 Å². The van der Waals surface area contributed by atoms with E-state index in [2.05, 4.69) is 15.2 Å². The van der Waals surface area contributed by atoms with Gasteiger partial charge in [-0.25, -0.2) is 4.98 Å². The number of ketones is 1. The summed E-state index contributed by atoms with van der Waals surface area (Å²) < 4.78 is 5.76. The average molecular weight is 394 g/mol. The van der Waals surface area contributed by atoms with E-state index in [9.17, 15) is 9.59 Å². The van der Waals surface area contributed by atoms with Crippen molar-refractivity contribution in [3.8, 4) is 10.6 Å². The molecule has 3 rings (SSSR count). The van der Waals surface area contributed by atoms with Crippen LogP contribution in [0.5, 0.6) is 0 Å². The van der Waals surface area contributed by atoms with Crippen LogP contribution >= 0.6 is 34.4 Å². The van der Waals surface area contributed by atoms with Gasteiger partial charge in [0.05, 0.1) is 26.9 Å². The van der Waals surface area contributed by atoms with Crippen molar-refractivity contribution >= 4 is 56.4 Å². The highest BCUT2D eigenvalue weighted by Gasteiger charge is 2.18. The second-order valence-corrected chi connectivity index (χ2v) is 8.17. The number of aromatic nitrogens is 3. The van der Waals surface area contributed by atoms with E-state index < -0.39 is 5.97 Å².